The van der Waals surface area contributed by atoms with Crippen molar-refractivity contribution in [3.8, 4) is 5.75 Å². The minimum absolute atomic E-state index is 0.505. The molecule has 0 aliphatic carbocycles. The van der Waals surface area contributed by atoms with E-state index < -0.39 is 0 Å². The summed E-state index contributed by atoms with van der Waals surface area (Å²) >= 11 is 0. The summed E-state index contributed by atoms with van der Waals surface area (Å²) in [5.41, 5.74) is 1.34. The smallest absolute Gasteiger partial charge is 0.119 e. The molecule has 3 nitrogen and oxygen atoms in total. The Bertz CT molecular complexity index is 311. The van der Waals surface area contributed by atoms with Crippen LogP contribution in [0.2, 0.25) is 0 Å². The van der Waals surface area contributed by atoms with Gasteiger partial charge in [-0.15, -0.1) is 0 Å². The minimum Gasteiger partial charge on any atom is -0.494 e. The van der Waals surface area contributed by atoms with Gasteiger partial charge in [-0.25, -0.2) is 0 Å². The minimum atomic E-state index is 0.505. The summed E-state index contributed by atoms with van der Waals surface area (Å²) in [7, 11) is 3.72. The maximum Gasteiger partial charge on any atom is 0.119 e. The molecule has 0 amide bonds. The van der Waals surface area contributed by atoms with E-state index in [-0.39, 0.29) is 0 Å². The fraction of sp³-hybridized carbons (Fsp3) is 0.600. The number of hydrogen-bond donors (Lipinski definition) is 1. The molecule has 1 atom stereocenters. The van der Waals surface area contributed by atoms with Crippen LogP contribution in [0, 0.1) is 0 Å². The van der Waals surface area contributed by atoms with E-state index in [4.69, 9.17) is 9.47 Å². The highest BCUT2D eigenvalue weighted by Crippen LogP contribution is 2.13. The van der Waals surface area contributed by atoms with E-state index in [1.54, 1.807) is 7.11 Å². The van der Waals surface area contributed by atoms with Crippen LogP contribution in [0.15, 0.2) is 24.3 Å². The molecule has 1 unspecified atom stereocenters. The van der Waals surface area contributed by atoms with Gasteiger partial charge in [-0.05, 0) is 50.9 Å². The molecule has 0 spiro atoms. The van der Waals surface area contributed by atoms with Gasteiger partial charge in [-0.3, -0.25) is 0 Å². The largest absolute Gasteiger partial charge is 0.494 e. The summed E-state index contributed by atoms with van der Waals surface area (Å²) in [5, 5.41) is 3.24. The zero-order chi connectivity index (χ0) is 13.2. The molecule has 1 aromatic carbocycles. The highest BCUT2D eigenvalue weighted by Gasteiger charge is 2.01. The summed E-state index contributed by atoms with van der Waals surface area (Å²) in [6.07, 6.45) is 3.13. The summed E-state index contributed by atoms with van der Waals surface area (Å²) in [6, 6.07) is 8.88. The fourth-order valence-electron chi connectivity index (χ4n) is 1.72. The third kappa shape index (κ3) is 6.03. The van der Waals surface area contributed by atoms with Gasteiger partial charge >= 0.3 is 0 Å². The van der Waals surface area contributed by atoms with Gasteiger partial charge < -0.3 is 14.8 Å². The maximum absolute atomic E-state index is 5.67. The van der Waals surface area contributed by atoms with E-state index in [1.807, 2.05) is 19.2 Å². The predicted octanol–water partition coefficient (Wildman–Crippen LogP) is 2.64. The highest BCUT2D eigenvalue weighted by molar-refractivity contribution is 5.27. The number of unbranched alkanes of at least 4 members (excludes halogenated alkanes) is 1. The van der Waals surface area contributed by atoms with Crippen molar-refractivity contribution in [3.63, 3.8) is 0 Å². The lowest BCUT2D eigenvalue weighted by molar-refractivity contribution is 0.184. The van der Waals surface area contributed by atoms with Crippen LogP contribution in [-0.4, -0.2) is 33.4 Å². The van der Waals surface area contributed by atoms with Crippen LogP contribution >= 0.6 is 0 Å². The summed E-state index contributed by atoms with van der Waals surface area (Å²) in [6.45, 7) is 3.75. The number of methoxy groups -OCH3 is 1. The second kappa shape index (κ2) is 8.95. The van der Waals surface area contributed by atoms with Crippen LogP contribution < -0.4 is 10.1 Å². The molecular weight excluding hydrogens is 226 g/mol. The number of ether oxygens (including phenoxy) is 2. The Morgan fingerprint density at radius 2 is 1.78 bits per heavy atom. The zero-order valence-corrected chi connectivity index (χ0v) is 11.7. The lowest BCUT2D eigenvalue weighted by atomic mass is 10.1. The van der Waals surface area contributed by atoms with Crippen LogP contribution in [0.1, 0.15) is 25.3 Å². The molecule has 0 radical (unpaired) electrons. The number of rotatable bonds is 9. The second-order valence-electron chi connectivity index (χ2n) is 4.59. The molecule has 0 saturated carbocycles. The molecule has 0 heterocycles. The Balaban J connectivity index is 2.27. The van der Waals surface area contributed by atoms with Crippen molar-refractivity contribution in [1.82, 2.24) is 5.32 Å². The molecule has 102 valence electrons. The normalized spacial score (nSPS) is 12.4. The van der Waals surface area contributed by atoms with Crippen molar-refractivity contribution in [2.45, 2.75) is 32.2 Å². The molecule has 0 aliphatic heterocycles. The third-order valence-electron chi connectivity index (χ3n) is 2.97. The van der Waals surface area contributed by atoms with Gasteiger partial charge in [0.25, 0.3) is 0 Å². The Morgan fingerprint density at radius 3 is 2.39 bits per heavy atom. The van der Waals surface area contributed by atoms with Crippen LogP contribution in [0.5, 0.6) is 5.75 Å². The van der Waals surface area contributed by atoms with E-state index in [9.17, 15) is 0 Å². The van der Waals surface area contributed by atoms with Gasteiger partial charge in [0, 0.05) is 19.8 Å². The fourth-order valence-corrected chi connectivity index (χ4v) is 1.72. The quantitative estimate of drug-likeness (QED) is 0.684. The van der Waals surface area contributed by atoms with Crippen molar-refractivity contribution >= 4 is 0 Å². The van der Waals surface area contributed by atoms with Gasteiger partial charge in [-0.1, -0.05) is 12.1 Å². The average molecular weight is 251 g/mol. The zero-order valence-electron chi connectivity index (χ0n) is 11.7. The predicted molar refractivity (Wildman–Crippen MR) is 75.3 cm³/mol. The van der Waals surface area contributed by atoms with Crippen LogP contribution in [0.3, 0.4) is 0 Å². The van der Waals surface area contributed by atoms with E-state index >= 15 is 0 Å². The van der Waals surface area contributed by atoms with Gasteiger partial charge in [0.1, 0.15) is 5.75 Å². The summed E-state index contributed by atoms with van der Waals surface area (Å²) in [5.74, 6) is 0.952. The van der Waals surface area contributed by atoms with Crippen molar-refractivity contribution in [3.05, 3.63) is 29.8 Å². The summed E-state index contributed by atoms with van der Waals surface area (Å²) in [4.78, 5) is 0. The molecule has 0 saturated heterocycles. The van der Waals surface area contributed by atoms with Crippen molar-refractivity contribution < 1.29 is 9.47 Å². The molecule has 0 fully saturated rings. The Morgan fingerprint density at radius 1 is 1.11 bits per heavy atom. The Hall–Kier alpha value is -1.06. The monoisotopic (exact) mass is 251 g/mol. The lowest BCUT2D eigenvalue weighted by Crippen LogP contribution is -2.23. The molecule has 1 rings (SSSR count). The highest BCUT2D eigenvalue weighted by atomic mass is 16.5. The Kier molecular flexibility index (Phi) is 7.46. The molecule has 0 aliphatic rings. The van der Waals surface area contributed by atoms with Gasteiger partial charge in [0.05, 0.1) is 6.61 Å². The number of benzene rings is 1. The number of hydrogen-bond acceptors (Lipinski definition) is 3. The molecule has 1 aromatic rings. The second-order valence-corrected chi connectivity index (χ2v) is 4.59. The topological polar surface area (TPSA) is 30.5 Å². The first-order valence-corrected chi connectivity index (χ1v) is 6.64. The van der Waals surface area contributed by atoms with Gasteiger partial charge in [0.15, 0.2) is 0 Å². The van der Waals surface area contributed by atoms with Crippen LogP contribution in [0.4, 0.5) is 0 Å². The SMILES string of the molecule is CNC(C)Cc1ccc(OCCCCOC)cc1. The molecule has 0 bridgehead atoms. The molecule has 0 aromatic heterocycles. The average Bonchev–Trinajstić information content (AvgIpc) is 2.40. The number of likely N-dealkylation sites (N-methyl/N-ethyl adjacent to an activating group) is 1. The third-order valence-corrected chi connectivity index (χ3v) is 2.97. The molecule has 3 heteroatoms. The standard InChI is InChI=1S/C15H25NO2/c1-13(16-2)12-14-6-8-15(9-7-14)18-11-5-4-10-17-3/h6-9,13,16H,4-5,10-12H2,1-3H3. The van der Waals surface area contributed by atoms with Crippen molar-refractivity contribution in [1.29, 1.82) is 0 Å². The van der Waals surface area contributed by atoms with E-state index in [1.165, 1.54) is 5.56 Å². The van der Waals surface area contributed by atoms with Crippen molar-refractivity contribution in [2.24, 2.45) is 0 Å². The first-order valence-electron chi connectivity index (χ1n) is 6.64. The number of nitrogens with one attached hydrogen (secondary N) is 1. The van der Waals surface area contributed by atoms with E-state index in [2.05, 4.69) is 24.4 Å². The summed E-state index contributed by atoms with van der Waals surface area (Å²) < 4.78 is 10.7. The Labute approximate surface area is 110 Å². The first kappa shape index (κ1) is 15.0. The van der Waals surface area contributed by atoms with Crippen LogP contribution in [0.25, 0.3) is 0 Å². The molecule has 1 N–H and O–H groups in total. The first-order chi connectivity index (χ1) is 8.76. The van der Waals surface area contributed by atoms with E-state index in [0.717, 1.165) is 38.2 Å². The molecule has 18 heavy (non-hydrogen) atoms. The van der Waals surface area contributed by atoms with Crippen molar-refractivity contribution in [2.75, 3.05) is 27.4 Å². The lowest BCUT2D eigenvalue weighted by Gasteiger charge is -2.11. The van der Waals surface area contributed by atoms with E-state index in [0.29, 0.717) is 6.04 Å². The van der Waals surface area contributed by atoms with Gasteiger partial charge in [0.2, 0.25) is 0 Å². The molecular formula is C15H25NO2. The van der Waals surface area contributed by atoms with Gasteiger partial charge in [-0.2, -0.15) is 0 Å². The maximum atomic E-state index is 5.67. The van der Waals surface area contributed by atoms with Crippen LogP contribution in [-0.2, 0) is 11.2 Å².